The lowest BCUT2D eigenvalue weighted by atomic mass is 10.0. The van der Waals surface area contributed by atoms with E-state index in [1.165, 1.54) is 12.8 Å². The summed E-state index contributed by atoms with van der Waals surface area (Å²) in [7, 11) is 0. The van der Waals surface area contributed by atoms with E-state index in [1.807, 2.05) is 26.0 Å². The lowest BCUT2D eigenvalue weighted by molar-refractivity contribution is 0.236. The van der Waals surface area contributed by atoms with E-state index >= 15 is 0 Å². The average molecular weight is 399 g/mol. The molecule has 4 rings (SSSR count). The molecule has 1 aliphatic rings. The minimum atomic E-state index is -0.922. The summed E-state index contributed by atoms with van der Waals surface area (Å²) in [6.45, 7) is 7.63. The Hall–Kier alpha value is -2.80. The molecule has 2 aromatic carbocycles. The fourth-order valence-corrected chi connectivity index (χ4v) is 3.93. The van der Waals surface area contributed by atoms with Crippen LogP contribution in [0.2, 0.25) is 0 Å². The zero-order valence-corrected chi connectivity index (χ0v) is 16.5. The van der Waals surface area contributed by atoms with Crippen molar-refractivity contribution in [3.05, 3.63) is 57.4 Å². The van der Waals surface area contributed by atoms with Gasteiger partial charge in [0.2, 0.25) is 0 Å². The highest BCUT2D eigenvalue weighted by molar-refractivity contribution is 5.80. The number of fused-ring (bicyclic) bond motifs is 1. The van der Waals surface area contributed by atoms with E-state index in [0.717, 1.165) is 42.6 Å². The fraction of sp³-hybridized carbons (Fsp3) is 0.364. The third kappa shape index (κ3) is 4.00. The van der Waals surface area contributed by atoms with E-state index < -0.39 is 17.2 Å². The number of benzene rings is 2. The van der Waals surface area contributed by atoms with Crippen LogP contribution in [0.25, 0.3) is 22.3 Å². The highest BCUT2D eigenvalue weighted by atomic mass is 19.1. The Labute approximate surface area is 167 Å². The van der Waals surface area contributed by atoms with Crippen LogP contribution in [0, 0.1) is 25.5 Å². The van der Waals surface area contributed by atoms with Crippen molar-refractivity contribution in [1.29, 1.82) is 0 Å². The van der Waals surface area contributed by atoms with Gasteiger partial charge in [-0.15, -0.1) is 0 Å². The maximum Gasteiger partial charge on any atom is 0.262 e. The Kier molecular flexibility index (Phi) is 5.32. The first-order chi connectivity index (χ1) is 13.9. The molecule has 2 heterocycles. The van der Waals surface area contributed by atoms with E-state index in [4.69, 9.17) is 4.74 Å². The minimum Gasteiger partial charge on any atom is -0.492 e. The highest BCUT2D eigenvalue weighted by Crippen LogP contribution is 2.29. The normalized spacial score (nSPS) is 14.6. The molecule has 1 fully saturated rings. The zero-order valence-electron chi connectivity index (χ0n) is 16.5. The van der Waals surface area contributed by atoms with E-state index in [9.17, 15) is 13.6 Å². The lowest BCUT2D eigenvalue weighted by Gasteiger charge is -2.18. The predicted molar refractivity (Wildman–Crippen MR) is 108 cm³/mol. The molecule has 1 N–H and O–H groups in total. The van der Waals surface area contributed by atoms with Crippen molar-refractivity contribution in [1.82, 2.24) is 14.9 Å². The summed E-state index contributed by atoms with van der Waals surface area (Å²) in [5.41, 5.74) is 1.84. The minimum absolute atomic E-state index is 0.0116. The molecule has 0 aliphatic carbocycles. The second-order valence-corrected chi connectivity index (χ2v) is 7.53. The molecule has 5 nitrogen and oxygen atoms in total. The van der Waals surface area contributed by atoms with Crippen LogP contribution in [0.1, 0.15) is 24.0 Å². The van der Waals surface area contributed by atoms with Crippen LogP contribution in [-0.2, 0) is 0 Å². The molecule has 3 aromatic rings. The predicted octanol–water partition coefficient (Wildman–Crippen LogP) is 3.96. The van der Waals surface area contributed by atoms with Gasteiger partial charge >= 0.3 is 0 Å². The van der Waals surface area contributed by atoms with Gasteiger partial charge in [0.25, 0.3) is 5.56 Å². The van der Waals surface area contributed by atoms with Crippen LogP contribution in [0.15, 0.2) is 29.1 Å². The largest absolute Gasteiger partial charge is 0.492 e. The molecule has 1 aliphatic heterocycles. The molecule has 7 heteroatoms. The number of ether oxygens (including phenoxy) is 1. The molecule has 152 valence electrons. The summed E-state index contributed by atoms with van der Waals surface area (Å²) in [5, 5.41) is -0.245. The molecule has 0 unspecified atom stereocenters. The Morgan fingerprint density at radius 1 is 1.10 bits per heavy atom. The van der Waals surface area contributed by atoms with Crippen molar-refractivity contribution in [2.24, 2.45) is 0 Å². The first kappa shape index (κ1) is 19.5. The summed E-state index contributed by atoms with van der Waals surface area (Å²) in [6, 6.07) is 5.46. The van der Waals surface area contributed by atoms with Crippen molar-refractivity contribution in [3.8, 4) is 17.1 Å². The van der Waals surface area contributed by atoms with E-state index in [0.29, 0.717) is 18.2 Å². The Balaban J connectivity index is 1.63. The summed E-state index contributed by atoms with van der Waals surface area (Å²) in [5.74, 6) is -0.613. The highest BCUT2D eigenvalue weighted by Gasteiger charge is 2.15. The number of aromatic amines is 1. The lowest BCUT2D eigenvalue weighted by Crippen LogP contribution is -2.25. The molecule has 0 amide bonds. The molecule has 29 heavy (non-hydrogen) atoms. The maximum absolute atomic E-state index is 13.9. The third-order valence-electron chi connectivity index (χ3n) is 5.31. The summed E-state index contributed by atoms with van der Waals surface area (Å²) < 4.78 is 33.5. The van der Waals surface area contributed by atoms with Gasteiger partial charge < -0.3 is 9.72 Å². The average Bonchev–Trinajstić information content (AvgIpc) is 3.16. The number of halogens is 2. The SMILES string of the molecule is Cc1cc(-c2nc3cc(F)cc(F)c3c(=O)[nH]2)cc(C)c1OCCN1CCCC1. The van der Waals surface area contributed by atoms with Gasteiger partial charge in [0.1, 0.15) is 35.2 Å². The number of hydrogen-bond acceptors (Lipinski definition) is 4. The van der Waals surface area contributed by atoms with Gasteiger partial charge in [0.05, 0.1) is 5.52 Å². The van der Waals surface area contributed by atoms with E-state index in [-0.39, 0.29) is 16.7 Å². The first-order valence-electron chi connectivity index (χ1n) is 9.78. The summed E-state index contributed by atoms with van der Waals surface area (Å²) in [4.78, 5) is 21.6. The van der Waals surface area contributed by atoms with Crippen molar-refractivity contribution >= 4 is 10.9 Å². The molecule has 1 saturated heterocycles. The van der Waals surface area contributed by atoms with Crippen LogP contribution in [-0.4, -0.2) is 41.1 Å². The second-order valence-electron chi connectivity index (χ2n) is 7.53. The fourth-order valence-electron chi connectivity index (χ4n) is 3.93. The van der Waals surface area contributed by atoms with Gasteiger partial charge in [-0.05, 0) is 63.0 Å². The summed E-state index contributed by atoms with van der Waals surface area (Å²) >= 11 is 0. The number of rotatable bonds is 5. The second kappa shape index (κ2) is 7.91. The summed E-state index contributed by atoms with van der Waals surface area (Å²) in [6.07, 6.45) is 2.50. The smallest absolute Gasteiger partial charge is 0.262 e. The van der Waals surface area contributed by atoms with Gasteiger partial charge in [0.15, 0.2) is 0 Å². The molecule has 0 saturated carbocycles. The van der Waals surface area contributed by atoms with Gasteiger partial charge in [0, 0.05) is 24.2 Å². The van der Waals surface area contributed by atoms with Gasteiger partial charge in [-0.2, -0.15) is 0 Å². The Morgan fingerprint density at radius 2 is 1.79 bits per heavy atom. The van der Waals surface area contributed by atoms with Gasteiger partial charge in [-0.1, -0.05) is 0 Å². The Bertz CT molecular complexity index is 1100. The van der Waals surface area contributed by atoms with Crippen molar-refractivity contribution < 1.29 is 13.5 Å². The van der Waals surface area contributed by atoms with E-state index in [2.05, 4.69) is 14.9 Å². The monoisotopic (exact) mass is 399 g/mol. The van der Waals surface area contributed by atoms with Crippen LogP contribution < -0.4 is 10.3 Å². The quantitative estimate of drug-likeness (QED) is 0.706. The molecule has 1 aromatic heterocycles. The molecule has 0 radical (unpaired) electrons. The van der Waals surface area contributed by atoms with Crippen molar-refractivity contribution in [2.75, 3.05) is 26.2 Å². The van der Waals surface area contributed by atoms with Crippen LogP contribution >= 0.6 is 0 Å². The number of nitrogens with one attached hydrogen (secondary N) is 1. The zero-order chi connectivity index (χ0) is 20.5. The van der Waals surface area contributed by atoms with Gasteiger partial charge in [-0.3, -0.25) is 9.69 Å². The first-order valence-corrected chi connectivity index (χ1v) is 9.78. The van der Waals surface area contributed by atoms with Crippen LogP contribution in [0.4, 0.5) is 8.78 Å². The molecular formula is C22H23F2N3O2. The molecular weight excluding hydrogens is 376 g/mol. The Morgan fingerprint density at radius 3 is 2.48 bits per heavy atom. The molecule has 0 bridgehead atoms. The van der Waals surface area contributed by atoms with E-state index in [1.54, 1.807) is 0 Å². The number of aryl methyl sites for hydroxylation is 2. The number of aromatic nitrogens is 2. The van der Waals surface area contributed by atoms with Gasteiger partial charge in [-0.25, -0.2) is 13.8 Å². The topological polar surface area (TPSA) is 58.2 Å². The number of hydrogen-bond donors (Lipinski definition) is 1. The molecule has 0 spiro atoms. The molecule has 0 atom stereocenters. The number of H-pyrrole nitrogens is 1. The maximum atomic E-state index is 13.9. The van der Waals surface area contributed by atoms with Crippen molar-refractivity contribution in [2.45, 2.75) is 26.7 Å². The standard InChI is InChI=1S/C22H23F2N3O2/c1-13-9-15(10-14(2)20(13)29-8-7-27-5-3-4-6-27)21-25-18-12-16(23)11-17(24)19(18)22(28)26-21/h9-12H,3-8H2,1-2H3,(H,25,26,28). The van der Waals surface area contributed by atoms with Crippen molar-refractivity contribution in [3.63, 3.8) is 0 Å². The third-order valence-corrected chi connectivity index (χ3v) is 5.31. The number of nitrogens with zero attached hydrogens (tertiary/aromatic N) is 2. The number of likely N-dealkylation sites (tertiary alicyclic amines) is 1. The van der Waals surface area contributed by atoms with Crippen LogP contribution in [0.5, 0.6) is 5.75 Å². The van der Waals surface area contributed by atoms with Crippen LogP contribution in [0.3, 0.4) is 0 Å².